The highest BCUT2D eigenvalue weighted by molar-refractivity contribution is 5.95. The van der Waals surface area contributed by atoms with Gasteiger partial charge in [-0.25, -0.2) is 0 Å². The van der Waals surface area contributed by atoms with Crippen molar-refractivity contribution in [2.45, 2.75) is 25.3 Å². The van der Waals surface area contributed by atoms with E-state index in [9.17, 15) is 4.79 Å². The Balaban J connectivity index is 1.78. The van der Waals surface area contributed by atoms with Crippen molar-refractivity contribution in [1.29, 1.82) is 0 Å². The van der Waals surface area contributed by atoms with Crippen molar-refractivity contribution >= 4 is 5.91 Å². The molecule has 3 heteroatoms. The highest BCUT2D eigenvalue weighted by atomic mass is 16.5. The summed E-state index contributed by atoms with van der Waals surface area (Å²) in [4.78, 5) is 12.4. The van der Waals surface area contributed by atoms with E-state index in [-0.39, 0.29) is 11.4 Å². The number of hydrogen-bond acceptors (Lipinski definition) is 2. The SMILES string of the molecule is COc1ccc(C2(NC(=O)c3cccc(C)c3)CC2)cc1. The van der Waals surface area contributed by atoms with Crippen LogP contribution in [0.15, 0.2) is 48.5 Å². The molecular formula is C18H19NO2. The van der Waals surface area contributed by atoms with E-state index in [1.54, 1.807) is 7.11 Å². The molecule has 0 radical (unpaired) electrons. The minimum absolute atomic E-state index is 0.00739. The molecular weight excluding hydrogens is 262 g/mol. The molecule has 1 aliphatic carbocycles. The average Bonchev–Trinajstić information content (AvgIpc) is 3.28. The molecule has 0 spiro atoms. The smallest absolute Gasteiger partial charge is 0.251 e. The second-order valence-electron chi connectivity index (χ2n) is 5.63. The first kappa shape index (κ1) is 13.7. The van der Waals surface area contributed by atoms with Gasteiger partial charge in [0.1, 0.15) is 5.75 Å². The van der Waals surface area contributed by atoms with Gasteiger partial charge in [0, 0.05) is 5.56 Å². The summed E-state index contributed by atoms with van der Waals surface area (Å²) in [7, 11) is 1.65. The van der Waals surface area contributed by atoms with Crippen LogP contribution in [0.1, 0.15) is 34.3 Å². The number of rotatable bonds is 4. The summed E-state index contributed by atoms with van der Waals surface area (Å²) in [6.45, 7) is 1.99. The van der Waals surface area contributed by atoms with Gasteiger partial charge in [0.05, 0.1) is 12.6 Å². The predicted octanol–water partition coefficient (Wildman–Crippen LogP) is 3.42. The van der Waals surface area contributed by atoms with Gasteiger partial charge in [0.2, 0.25) is 0 Å². The van der Waals surface area contributed by atoms with Crippen molar-refractivity contribution in [3.05, 3.63) is 65.2 Å². The number of benzene rings is 2. The fourth-order valence-electron chi connectivity index (χ4n) is 2.60. The number of hydrogen-bond donors (Lipinski definition) is 1. The van der Waals surface area contributed by atoms with E-state index in [4.69, 9.17) is 4.74 Å². The lowest BCUT2D eigenvalue weighted by Gasteiger charge is -2.18. The van der Waals surface area contributed by atoms with Crippen LogP contribution in [0.4, 0.5) is 0 Å². The Hall–Kier alpha value is -2.29. The topological polar surface area (TPSA) is 38.3 Å². The first-order valence-corrected chi connectivity index (χ1v) is 7.17. The van der Waals surface area contributed by atoms with Crippen LogP contribution < -0.4 is 10.1 Å². The third kappa shape index (κ3) is 2.77. The zero-order chi connectivity index (χ0) is 14.9. The summed E-state index contributed by atoms with van der Waals surface area (Å²) in [6, 6.07) is 15.6. The molecule has 0 aliphatic heterocycles. The van der Waals surface area contributed by atoms with E-state index in [1.165, 1.54) is 0 Å². The second kappa shape index (κ2) is 5.24. The highest BCUT2D eigenvalue weighted by Crippen LogP contribution is 2.46. The summed E-state index contributed by atoms with van der Waals surface area (Å²) < 4.78 is 5.18. The van der Waals surface area contributed by atoms with Gasteiger partial charge in [-0.1, -0.05) is 29.8 Å². The molecule has 0 bridgehead atoms. The molecule has 2 aromatic carbocycles. The molecule has 0 aromatic heterocycles. The molecule has 3 nitrogen and oxygen atoms in total. The fourth-order valence-corrected chi connectivity index (χ4v) is 2.60. The Morgan fingerprint density at radius 1 is 1.14 bits per heavy atom. The minimum atomic E-state index is -0.201. The monoisotopic (exact) mass is 281 g/mol. The van der Waals surface area contributed by atoms with Crippen LogP contribution in [0.5, 0.6) is 5.75 Å². The maximum absolute atomic E-state index is 12.4. The number of nitrogens with one attached hydrogen (secondary N) is 1. The van der Waals surface area contributed by atoms with E-state index >= 15 is 0 Å². The van der Waals surface area contributed by atoms with Crippen molar-refractivity contribution in [3.63, 3.8) is 0 Å². The highest BCUT2D eigenvalue weighted by Gasteiger charge is 2.45. The maximum atomic E-state index is 12.4. The van der Waals surface area contributed by atoms with Crippen LogP contribution >= 0.6 is 0 Å². The summed E-state index contributed by atoms with van der Waals surface area (Å²) in [5, 5.41) is 3.18. The zero-order valence-electron chi connectivity index (χ0n) is 12.3. The molecule has 0 unspecified atom stereocenters. The Morgan fingerprint density at radius 2 is 1.86 bits per heavy atom. The zero-order valence-corrected chi connectivity index (χ0v) is 12.3. The summed E-state index contributed by atoms with van der Waals surface area (Å²) >= 11 is 0. The van der Waals surface area contributed by atoms with Crippen molar-refractivity contribution in [2.24, 2.45) is 0 Å². The lowest BCUT2D eigenvalue weighted by atomic mass is 10.0. The van der Waals surface area contributed by atoms with E-state index in [2.05, 4.69) is 5.32 Å². The van der Waals surface area contributed by atoms with Crippen LogP contribution in [-0.4, -0.2) is 13.0 Å². The Bertz CT molecular complexity index is 657. The number of carbonyl (C=O) groups excluding carboxylic acids is 1. The van der Waals surface area contributed by atoms with Crippen LogP contribution in [0.3, 0.4) is 0 Å². The molecule has 21 heavy (non-hydrogen) atoms. The molecule has 1 fully saturated rings. The molecule has 3 rings (SSSR count). The van der Waals surface area contributed by atoms with Gasteiger partial charge in [-0.05, 0) is 49.6 Å². The van der Waals surface area contributed by atoms with Crippen LogP contribution in [0, 0.1) is 6.92 Å². The molecule has 0 saturated heterocycles. The minimum Gasteiger partial charge on any atom is -0.497 e. The number of methoxy groups -OCH3 is 1. The molecule has 108 valence electrons. The van der Waals surface area contributed by atoms with E-state index in [0.29, 0.717) is 0 Å². The van der Waals surface area contributed by atoms with Gasteiger partial charge >= 0.3 is 0 Å². The lowest BCUT2D eigenvalue weighted by molar-refractivity contribution is 0.0930. The molecule has 2 aromatic rings. The van der Waals surface area contributed by atoms with E-state index < -0.39 is 0 Å². The van der Waals surface area contributed by atoms with Gasteiger partial charge in [-0.3, -0.25) is 4.79 Å². The summed E-state index contributed by atoms with van der Waals surface area (Å²) in [5.41, 5.74) is 2.75. The average molecular weight is 281 g/mol. The van der Waals surface area contributed by atoms with Crippen LogP contribution in [-0.2, 0) is 5.54 Å². The van der Waals surface area contributed by atoms with Gasteiger partial charge < -0.3 is 10.1 Å². The second-order valence-corrected chi connectivity index (χ2v) is 5.63. The van der Waals surface area contributed by atoms with Gasteiger partial charge in [-0.15, -0.1) is 0 Å². The molecule has 1 N–H and O–H groups in total. The van der Waals surface area contributed by atoms with Crippen molar-refractivity contribution in [2.75, 3.05) is 7.11 Å². The Kier molecular flexibility index (Phi) is 3.42. The van der Waals surface area contributed by atoms with Gasteiger partial charge in [0.25, 0.3) is 5.91 Å². The summed E-state index contributed by atoms with van der Waals surface area (Å²) in [5.74, 6) is 0.826. The molecule has 0 atom stereocenters. The van der Waals surface area contributed by atoms with Crippen LogP contribution in [0.25, 0.3) is 0 Å². The standard InChI is InChI=1S/C18H19NO2/c1-13-4-3-5-14(12-13)17(20)19-18(10-11-18)15-6-8-16(21-2)9-7-15/h3-9,12H,10-11H2,1-2H3,(H,19,20). The molecule has 1 amide bonds. The lowest BCUT2D eigenvalue weighted by Crippen LogP contribution is -2.34. The van der Waals surface area contributed by atoms with Crippen molar-refractivity contribution in [1.82, 2.24) is 5.32 Å². The first-order valence-electron chi connectivity index (χ1n) is 7.17. The van der Waals surface area contributed by atoms with Crippen molar-refractivity contribution in [3.8, 4) is 5.75 Å². The van der Waals surface area contributed by atoms with Crippen molar-refractivity contribution < 1.29 is 9.53 Å². The largest absolute Gasteiger partial charge is 0.497 e. The first-order chi connectivity index (χ1) is 10.1. The number of carbonyl (C=O) groups is 1. The Morgan fingerprint density at radius 3 is 2.43 bits per heavy atom. The van der Waals surface area contributed by atoms with E-state index in [1.807, 2.05) is 55.5 Å². The quantitative estimate of drug-likeness (QED) is 0.932. The third-order valence-corrected chi connectivity index (χ3v) is 4.03. The Labute approximate surface area is 124 Å². The van der Waals surface area contributed by atoms with E-state index in [0.717, 1.165) is 35.3 Å². The maximum Gasteiger partial charge on any atom is 0.251 e. The number of ether oxygens (including phenoxy) is 1. The normalized spacial score (nSPS) is 15.3. The predicted molar refractivity (Wildman–Crippen MR) is 82.6 cm³/mol. The molecule has 1 saturated carbocycles. The number of aryl methyl sites for hydroxylation is 1. The summed E-state index contributed by atoms with van der Waals surface area (Å²) in [6.07, 6.45) is 1.97. The van der Waals surface area contributed by atoms with Gasteiger partial charge in [0.15, 0.2) is 0 Å². The van der Waals surface area contributed by atoms with Gasteiger partial charge in [-0.2, -0.15) is 0 Å². The van der Waals surface area contributed by atoms with Crippen LogP contribution in [0.2, 0.25) is 0 Å². The fraction of sp³-hybridized carbons (Fsp3) is 0.278. The molecule has 1 aliphatic rings. The number of amides is 1. The third-order valence-electron chi connectivity index (χ3n) is 4.03. The molecule has 0 heterocycles.